The monoisotopic (exact) mass is 287 g/mol. The summed E-state index contributed by atoms with van der Waals surface area (Å²) in [6.45, 7) is 2.11. The molecule has 2 N–H and O–H groups in total. The quantitative estimate of drug-likeness (QED) is 0.670. The largest absolute Gasteiger partial charge is 0.398 e. The molecule has 1 atom stereocenters. The van der Waals surface area contributed by atoms with Crippen LogP contribution < -0.4 is 5.73 Å². The van der Waals surface area contributed by atoms with Crippen LogP contribution in [0.1, 0.15) is 11.1 Å². The molecule has 1 heterocycles. The summed E-state index contributed by atoms with van der Waals surface area (Å²) in [6, 6.07) is 15.0. The average Bonchev–Trinajstić information content (AvgIpc) is 2.82. The van der Waals surface area contributed by atoms with Crippen molar-refractivity contribution in [3.63, 3.8) is 0 Å². The lowest BCUT2D eigenvalue weighted by atomic mass is 10.1. The fourth-order valence-corrected chi connectivity index (χ4v) is 4.84. The Kier molecular flexibility index (Phi) is 3.76. The third kappa shape index (κ3) is 2.93. The lowest BCUT2D eigenvalue weighted by molar-refractivity contribution is 0.970. The van der Waals surface area contributed by atoms with Gasteiger partial charge < -0.3 is 5.73 Å². The third-order valence-electron chi connectivity index (χ3n) is 3.31. The maximum atomic E-state index is 6.03. The maximum Gasteiger partial charge on any atom is 0.0452 e. The molecule has 0 saturated heterocycles. The van der Waals surface area contributed by atoms with Crippen LogP contribution in [0.5, 0.6) is 0 Å². The smallest absolute Gasteiger partial charge is 0.0452 e. The van der Waals surface area contributed by atoms with Crippen LogP contribution in [-0.2, 0) is 6.42 Å². The minimum Gasteiger partial charge on any atom is -0.398 e. The first-order valence-electron chi connectivity index (χ1n) is 6.46. The summed E-state index contributed by atoms with van der Waals surface area (Å²) in [4.78, 5) is 2.67. The van der Waals surface area contributed by atoms with Crippen LogP contribution in [-0.4, -0.2) is 11.0 Å². The van der Waals surface area contributed by atoms with E-state index in [0.29, 0.717) is 5.25 Å². The predicted octanol–water partition coefficient (Wildman–Crippen LogP) is 4.39. The number of aryl methyl sites for hydroxylation is 1. The van der Waals surface area contributed by atoms with Gasteiger partial charge in [-0.3, -0.25) is 0 Å². The molecule has 1 aliphatic heterocycles. The zero-order chi connectivity index (χ0) is 13.2. The van der Waals surface area contributed by atoms with Crippen molar-refractivity contribution < 1.29 is 0 Å². The molecule has 2 aromatic carbocycles. The van der Waals surface area contributed by atoms with Crippen molar-refractivity contribution >= 4 is 29.2 Å². The first-order chi connectivity index (χ1) is 9.22. The summed E-state index contributed by atoms with van der Waals surface area (Å²) in [5, 5.41) is 0.669. The Morgan fingerprint density at radius 2 is 2.11 bits per heavy atom. The van der Waals surface area contributed by atoms with Crippen LogP contribution >= 0.6 is 23.5 Å². The van der Waals surface area contributed by atoms with E-state index in [9.17, 15) is 0 Å². The van der Waals surface area contributed by atoms with Crippen molar-refractivity contribution in [1.82, 2.24) is 0 Å². The highest BCUT2D eigenvalue weighted by Gasteiger charge is 2.21. The van der Waals surface area contributed by atoms with Gasteiger partial charge in [-0.1, -0.05) is 24.3 Å². The van der Waals surface area contributed by atoms with Gasteiger partial charge in [-0.2, -0.15) is 0 Å². The molecule has 1 aliphatic rings. The van der Waals surface area contributed by atoms with Gasteiger partial charge in [0.15, 0.2) is 0 Å². The highest BCUT2D eigenvalue weighted by atomic mass is 32.2. The lowest BCUT2D eigenvalue weighted by Crippen LogP contribution is -2.04. The maximum absolute atomic E-state index is 6.03. The summed E-state index contributed by atoms with van der Waals surface area (Å²) < 4.78 is 0. The molecule has 0 bridgehead atoms. The average molecular weight is 287 g/mol. The van der Waals surface area contributed by atoms with Crippen LogP contribution in [0.25, 0.3) is 0 Å². The first kappa shape index (κ1) is 12.9. The minimum atomic E-state index is 0.669. The molecule has 0 aliphatic carbocycles. The molecule has 1 nitrogen and oxygen atoms in total. The Bertz CT molecular complexity index is 570. The zero-order valence-corrected chi connectivity index (χ0v) is 12.6. The van der Waals surface area contributed by atoms with Crippen molar-refractivity contribution in [1.29, 1.82) is 0 Å². The number of benzene rings is 2. The number of hydrogen-bond acceptors (Lipinski definition) is 3. The molecule has 3 heteroatoms. The van der Waals surface area contributed by atoms with E-state index in [1.54, 1.807) is 0 Å². The van der Waals surface area contributed by atoms with E-state index >= 15 is 0 Å². The molecule has 3 rings (SSSR count). The number of nitrogen functional groups attached to an aromatic ring is 1. The Balaban J connectivity index is 1.64. The van der Waals surface area contributed by atoms with Crippen LogP contribution in [0.15, 0.2) is 52.3 Å². The molecule has 98 valence electrons. The van der Waals surface area contributed by atoms with Gasteiger partial charge in [-0.25, -0.2) is 0 Å². The third-order valence-corrected chi connectivity index (χ3v) is 6.07. The Morgan fingerprint density at radius 1 is 1.26 bits per heavy atom. The number of hydrogen-bond donors (Lipinski definition) is 1. The second-order valence-electron chi connectivity index (χ2n) is 4.90. The molecule has 0 radical (unpaired) electrons. The van der Waals surface area contributed by atoms with Gasteiger partial charge in [0.25, 0.3) is 0 Å². The predicted molar refractivity (Wildman–Crippen MR) is 86.1 cm³/mol. The highest BCUT2D eigenvalue weighted by molar-refractivity contribution is 8.03. The number of anilines is 1. The van der Waals surface area contributed by atoms with Crippen molar-refractivity contribution in [2.45, 2.75) is 28.4 Å². The standard InChI is InChI=1S/C16H17NS2/c1-11-6-7-14(17)16(8-11)18-10-13-9-12-4-2-3-5-15(12)19-13/h2-8,13H,9-10,17H2,1H3. The molecule has 0 saturated carbocycles. The van der Waals surface area contributed by atoms with E-state index in [1.165, 1.54) is 27.3 Å². The van der Waals surface area contributed by atoms with Gasteiger partial charge >= 0.3 is 0 Å². The molecule has 19 heavy (non-hydrogen) atoms. The molecule has 0 spiro atoms. The second-order valence-corrected chi connectivity index (χ2v) is 7.31. The molecular weight excluding hydrogens is 270 g/mol. The van der Waals surface area contributed by atoms with E-state index in [0.717, 1.165) is 11.4 Å². The Morgan fingerprint density at radius 3 is 2.95 bits per heavy atom. The number of fused-ring (bicyclic) bond motifs is 1. The molecule has 0 aromatic heterocycles. The van der Waals surface area contributed by atoms with Crippen molar-refractivity contribution in [2.75, 3.05) is 11.5 Å². The summed E-state index contributed by atoms with van der Waals surface area (Å²) in [5.74, 6) is 1.12. The van der Waals surface area contributed by atoms with Crippen molar-refractivity contribution in [3.05, 3.63) is 53.6 Å². The van der Waals surface area contributed by atoms with Crippen LogP contribution in [0.3, 0.4) is 0 Å². The highest BCUT2D eigenvalue weighted by Crippen LogP contribution is 2.39. The molecule has 2 aromatic rings. The van der Waals surface area contributed by atoms with Crippen LogP contribution in [0.4, 0.5) is 5.69 Å². The summed E-state index contributed by atoms with van der Waals surface area (Å²) in [5.41, 5.74) is 9.70. The van der Waals surface area contributed by atoms with E-state index in [4.69, 9.17) is 5.73 Å². The second kappa shape index (κ2) is 5.51. The Hall–Kier alpha value is -1.06. The number of thioether (sulfide) groups is 2. The van der Waals surface area contributed by atoms with Gasteiger partial charge in [-0.05, 0) is 42.7 Å². The van der Waals surface area contributed by atoms with Gasteiger partial charge in [0.1, 0.15) is 0 Å². The molecule has 1 unspecified atom stereocenters. The van der Waals surface area contributed by atoms with E-state index in [-0.39, 0.29) is 0 Å². The fourth-order valence-electron chi connectivity index (χ4n) is 2.30. The Labute approximate surface area is 123 Å². The van der Waals surface area contributed by atoms with Crippen molar-refractivity contribution in [2.24, 2.45) is 0 Å². The van der Waals surface area contributed by atoms with Crippen molar-refractivity contribution in [3.8, 4) is 0 Å². The zero-order valence-electron chi connectivity index (χ0n) is 10.9. The number of rotatable bonds is 3. The van der Waals surface area contributed by atoms with E-state index in [1.807, 2.05) is 29.6 Å². The first-order valence-corrected chi connectivity index (χ1v) is 8.32. The minimum absolute atomic E-state index is 0.669. The molecular formula is C16H17NS2. The lowest BCUT2D eigenvalue weighted by Gasteiger charge is -2.10. The summed E-state index contributed by atoms with van der Waals surface area (Å²) >= 11 is 3.89. The van der Waals surface area contributed by atoms with Crippen LogP contribution in [0, 0.1) is 6.92 Å². The van der Waals surface area contributed by atoms with E-state index < -0.39 is 0 Å². The number of nitrogens with two attached hydrogens (primary N) is 1. The topological polar surface area (TPSA) is 26.0 Å². The normalized spacial score (nSPS) is 17.4. The molecule has 0 amide bonds. The summed E-state index contributed by atoms with van der Waals surface area (Å²) in [7, 11) is 0. The fraction of sp³-hybridized carbons (Fsp3) is 0.250. The van der Waals surface area contributed by atoms with Gasteiger partial charge in [-0.15, -0.1) is 23.5 Å². The van der Waals surface area contributed by atoms with Gasteiger partial charge in [0.05, 0.1) is 0 Å². The van der Waals surface area contributed by atoms with Gasteiger partial charge in [0.2, 0.25) is 0 Å². The van der Waals surface area contributed by atoms with E-state index in [2.05, 4.69) is 43.3 Å². The van der Waals surface area contributed by atoms with Crippen LogP contribution in [0.2, 0.25) is 0 Å². The molecule has 0 fully saturated rings. The summed E-state index contributed by atoms with van der Waals surface area (Å²) in [6.07, 6.45) is 1.18. The van der Waals surface area contributed by atoms with Gasteiger partial charge in [0, 0.05) is 26.5 Å². The SMILES string of the molecule is Cc1ccc(N)c(SCC2Cc3ccccc3S2)c1.